The summed E-state index contributed by atoms with van der Waals surface area (Å²) in [5.74, 6) is 1.42. The van der Waals surface area contributed by atoms with Crippen molar-refractivity contribution in [2.45, 2.75) is 19.3 Å². The van der Waals surface area contributed by atoms with Crippen molar-refractivity contribution >= 4 is 29.0 Å². The Hall–Kier alpha value is -1.85. The minimum atomic E-state index is -0.205. The van der Waals surface area contributed by atoms with Gasteiger partial charge in [-0.25, -0.2) is 4.98 Å². The van der Waals surface area contributed by atoms with E-state index in [0.717, 1.165) is 0 Å². The average Bonchev–Trinajstić information content (AvgIpc) is 3.40. The summed E-state index contributed by atoms with van der Waals surface area (Å²) in [6, 6.07) is 1.60. The average molecular weight is 367 g/mol. The fraction of sp³-hybridized carbons (Fsp3) is 0.353. The van der Waals surface area contributed by atoms with Gasteiger partial charge in [-0.1, -0.05) is 23.2 Å². The van der Waals surface area contributed by atoms with Crippen molar-refractivity contribution in [2.75, 3.05) is 13.7 Å². The molecule has 0 spiro atoms. The van der Waals surface area contributed by atoms with Crippen LogP contribution in [0.5, 0.6) is 11.5 Å². The van der Waals surface area contributed by atoms with Crippen molar-refractivity contribution in [3.63, 3.8) is 0 Å². The lowest BCUT2D eigenvalue weighted by Crippen LogP contribution is -2.09. The van der Waals surface area contributed by atoms with Crippen molar-refractivity contribution in [1.29, 1.82) is 0 Å². The van der Waals surface area contributed by atoms with Gasteiger partial charge in [-0.05, 0) is 18.8 Å². The second-order valence-electron chi connectivity index (χ2n) is 5.66. The number of aromatic nitrogens is 2. The number of rotatable bonds is 7. The Kier molecular flexibility index (Phi) is 5.21. The topological polar surface area (TPSA) is 61.3 Å². The molecule has 1 fully saturated rings. The van der Waals surface area contributed by atoms with Gasteiger partial charge < -0.3 is 9.47 Å². The maximum absolute atomic E-state index is 12.5. The van der Waals surface area contributed by atoms with Crippen LogP contribution in [0.4, 0.5) is 0 Å². The first-order valence-corrected chi connectivity index (χ1v) is 8.32. The van der Waals surface area contributed by atoms with Gasteiger partial charge in [0.2, 0.25) is 0 Å². The molecular formula is C17H16Cl2N2O3. The molecule has 0 N–H and O–H groups in total. The van der Waals surface area contributed by atoms with Crippen LogP contribution in [0.2, 0.25) is 10.0 Å². The van der Waals surface area contributed by atoms with E-state index in [0.29, 0.717) is 39.6 Å². The second-order valence-corrected chi connectivity index (χ2v) is 6.47. The monoisotopic (exact) mass is 366 g/mol. The second kappa shape index (κ2) is 7.36. The van der Waals surface area contributed by atoms with Gasteiger partial charge in [-0.3, -0.25) is 9.78 Å². The summed E-state index contributed by atoms with van der Waals surface area (Å²) >= 11 is 12.1. The highest BCUT2D eigenvalue weighted by molar-refractivity contribution is 6.36. The molecule has 2 heterocycles. The lowest BCUT2D eigenvalue weighted by atomic mass is 10.1. The molecule has 24 heavy (non-hydrogen) atoms. The van der Waals surface area contributed by atoms with Gasteiger partial charge >= 0.3 is 0 Å². The van der Waals surface area contributed by atoms with Crippen LogP contribution < -0.4 is 9.47 Å². The predicted octanol–water partition coefficient (Wildman–Crippen LogP) is 4.01. The first-order chi connectivity index (χ1) is 11.6. The fourth-order valence-electron chi connectivity index (χ4n) is 2.19. The summed E-state index contributed by atoms with van der Waals surface area (Å²) in [5, 5.41) is 0.712. The standard InChI is InChI=1S/C17H16Cl2N2O3/c1-23-17-8-21-14(5-16(17)24-9-10-2-3-10)15(22)4-11-12(18)6-20-7-13(11)19/h5-8,10H,2-4,9H2,1H3. The van der Waals surface area contributed by atoms with Crippen molar-refractivity contribution in [2.24, 2.45) is 5.92 Å². The summed E-state index contributed by atoms with van der Waals surface area (Å²) in [6.45, 7) is 0.621. The molecule has 0 saturated heterocycles. The van der Waals surface area contributed by atoms with Crippen LogP contribution >= 0.6 is 23.2 Å². The molecule has 0 unspecified atom stereocenters. The van der Waals surface area contributed by atoms with Crippen LogP contribution in [0.15, 0.2) is 24.7 Å². The zero-order valence-corrected chi connectivity index (χ0v) is 14.6. The summed E-state index contributed by atoms with van der Waals surface area (Å²) in [4.78, 5) is 20.6. The summed E-state index contributed by atoms with van der Waals surface area (Å²) in [6.07, 6.45) is 6.81. The quantitative estimate of drug-likeness (QED) is 0.692. The lowest BCUT2D eigenvalue weighted by molar-refractivity contribution is 0.0987. The molecule has 1 aliphatic carbocycles. The number of hydrogen-bond acceptors (Lipinski definition) is 5. The summed E-state index contributed by atoms with van der Waals surface area (Å²) in [5.41, 5.74) is 0.821. The number of pyridine rings is 2. The van der Waals surface area contributed by atoms with Gasteiger partial charge in [0.1, 0.15) is 5.69 Å². The number of methoxy groups -OCH3 is 1. The van der Waals surface area contributed by atoms with Gasteiger partial charge in [0.05, 0.1) is 30.0 Å². The molecule has 3 rings (SSSR count). The molecule has 0 amide bonds. The molecule has 0 aromatic carbocycles. The summed E-state index contributed by atoms with van der Waals surface area (Å²) < 4.78 is 11.0. The van der Waals surface area contributed by atoms with E-state index in [1.807, 2.05) is 0 Å². The molecule has 2 aromatic heterocycles. The Morgan fingerprint density at radius 2 is 1.92 bits per heavy atom. The molecule has 0 aliphatic heterocycles. The van der Waals surface area contributed by atoms with Crippen LogP contribution in [-0.2, 0) is 6.42 Å². The van der Waals surface area contributed by atoms with E-state index in [2.05, 4.69) is 9.97 Å². The minimum Gasteiger partial charge on any atom is -0.491 e. The minimum absolute atomic E-state index is 0.0432. The van der Waals surface area contributed by atoms with Crippen LogP contribution in [0, 0.1) is 5.92 Å². The van der Waals surface area contributed by atoms with Crippen LogP contribution in [-0.4, -0.2) is 29.5 Å². The van der Waals surface area contributed by atoms with Crippen molar-refractivity contribution in [3.05, 3.63) is 46.0 Å². The first-order valence-electron chi connectivity index (χ1n) is 7.56. The highest BCUT2D eigenvalue weighted by Gasteiger charge is 2.23. The van der Waals surface area contributed by atoms with Gasteiger partial charge in [0.25, 0.3) is 0 Å². The van der Waals surface area contributed by atoms with E-state index in [1.54, 1.807) is 13.2 Å². The zero-order valence-electron chi connectivity index (χ0n) is 13.1. The van der Waals surface area contributed by atoms with Crippen molar-refractivity contribution in [1.82, 2.24) is 9.97 Å². The van der Waals surface area contributed by atoms with Crippen molar-refractivity contribution < 1.29 is 14.3 Å². The van der Waals surface area contributed by atoms with E-state index >= 15 is 0 Å². The van der Waals surface area contributed by atoms with Gasteiger partial charge in [-0.2, -0.15) is 0 Å². The molecule has 2 aromatic rings. The Bertz CT molecular complexity index is 743. The third-order valence-electron chi connectivity index (χ3n) is 3.80. The third-order valence-corrected chi connectivity index (χ3v) is 4.45. The van der Waals surface area contributed by atoms with Gasteiger partial charge in [0.15, 0.2) is 17.3 Å². The van der Waals surface area contributed by atoms with E-state index in [9.17, 15) is 4.79 Å². The molecular weight excluding hydrogens is 351 g/mol. The van der Waals surface area contributed by atoms with E-state index in [4.69, 9.17) is 32.7 Å². The lowest BCUT2D eigenvalue weighted by Gasteiger charge is -2.11. The maximum Gasteiger partial charge on any atom is 0.185 e. The number of ether oxygens (including phenoxy) is 2. The number of nitrogens with zero attached hydrogens (tertiary/aromatic N) is 2. The Balaban J connectivity index is 1.79. The fourth-order valence-corrected chi connectivity index (χ4v) is 2.69. The molecule has 126 valence electrons. The zero-order chi connectivity index (χ0) is 17.1. The predicted molar refractivity (Wildman–Crippen MR) is 91.3 cm³/mol. The molecule has 7 heteroatoms. The van der Waals surface area contributed by atoms with Crippen LogP contribution in [0.1, 0.15) is 28.9 Å². The molecule has 1 aliphatic rings. The number of carbonyl (C=O) groups excluding carboxylic acids is 1. The van der Waals surface area contributed by atoms with Crippen molar-refractivity contribution in [3.8, 4) is 11.5 Å². The smallest absolute Gasteiger partial charge is 0.185 e. The number of ketones is 1. The first kappa shape index (κ1) is 17.0. The van der Waals surface area contributed by atoms with Gasteiger partial charge in [-0.15, -0.1) is 0 Å². The van der Waals surface area contributed by atoms with Gasteiger partial charge in [0, 0.05) is 30.4 Å². The van der Waals surface area contributed by atoms with E-state index < -0.39 is 0 Å². The Morgan fingerprint density at radius 3 is 2.54 bits per heavy atom. The van der Waals surface area contributed by atoms with Crippen LogP contribution in [0.25, 0.3) is 0 Å². The number of Topliss-reactive ketones (excluding diaryl/α,β-unsaturated/α-hetero) is 1. The molecule has 5 nitrogen and oxygen atoms in total. The van der Waals surface area contributed by atoms with E-state index in [-0.39, 0.29) is 17.9 Å². The summed E-state index contributed by atoms with van der Waals surface area (Å²) in [7, 11) is 1.54. The molecule has 1 saturated carbocycles. The normalized spacial score (nSPS) is 13.6. The third kappa shape index (κ3) is 3.97. The molecule has 0 radical (unpaired) electrons. The highest BCUT2D eigenvalue weighted by Crippen LogP contribution is 2.33. The number of halogens is 2. The number of carbonyl (C=O) groups is 1. The Labute approximate surface area is 149 Å². The largest absolute Gasteiger partial charge is 0.491 e. The van der Waals surface area contributed by atoms with Crippen LogP contribution in [0.3, 0.4) is 0 Å². The Morgan fingerprint density at radius 1 is 1.21 bits per heavy atom. The molecule has 0 atom stereocenters. The maximum atomic E-state index is 12.5. The SMILES string of the molecule is COc1cnc(C(=O)Cc2c(Cl)cncc2Cl)cc1OCC1CC1. The highest BCUT2D eigenvalue weighted by atomic mass is 35.5. The number of hydrogen-bond donors (Lipinski definition) is 0. The molecule has 0 bridgehead atoms. The van der Waals surface area contributed by atoms with E-state index in [1.165, 1.54) is 31.4 Å².